The number of carbonyl (C=O) groups excluding carboxylic acids is 1. The average molecular weight is 498 g/mol. The van der Waals surface area contributed by atoms with E-state index in [1.807, 2.05) is 55.5 Å². The molecule has 0 bridgehead atoms. The van der Waals surface area contributed by atoms with Gasteiger partial charge in [0.2, 0.25) is 0 Å². The number of hydroxylamine groups is 2. The first-order valence-corrected chi connectivity index (χ1v) is 12.6. The summed E-state index contributed by atoms with van der Waals surface area (Å²) in [6, 6.07) is 23.3. The molecule has 0 saturated carbocycles. The van der Waals surface area contributed by atoms with Gasteiger partial charge in [0.25, 0.3) is 0 Å². The summed E-state index contributed by atoms with van der Waals surface area (Å²) in [7, 11) is -4.25. The van der Waals surface area contributed by atoms with Gasteiger partial charge in [-0.25, -0.2) is 4.79 Å². The molecule has 0 aromatic heterocycles. The molecule has 0 saturated heterocycles. The molecular formula is C27H31NO6S. The first-order chi connectivity index (χ1) is 16.5. The molecule has 35 heavy (non-hydrogen) atoms. The third-order valence-electron chi connectivity index (χ3n) is 4.79. The summed E-state index contributed by atoms with van der Waals surface area (Å²) in [5.41, 5.74) is 2.67. The van der Waals surface area contributed by atoms with Gasteiger partial charge in [-0.1, -0.05) is 72.3 Å². The van der Waals surface area contributed by atoms with E-state index in [4.69, 9.17) is 13.8 Å². The number of aryl methyl sites for hydroxylation is 1. The van der Waals surface area contributed by atoms with Crippen LogP contribution in [0.1, 0.15) is 43.0 Å². The maximum Gasteiger partial charge on any atom is 0.435 e. The molecule has 1 amide bonds. The molecular weight excluding hydrogens is 466 g/mol. The van der Waals surface area contributed by atoms with E-state index in [9.17, 15) is 13.2 Å². The fraction of sp³-hybridized carbons (Fsp3) is 0.296. The Bertz CT molecular complexity index is 1220. The largest absolute Gasteiger partial charge is 0.442 e. The lowest BCUT2D eigenvalue weighted by Crippen LogP contribution is -2.38. The van der Waals surface area contributed by atoms with E-state index in [2.05, 4.69) is 0 Å². The lowest BCUT2D eigenvalue weighted by molar-refractivity contribution is -0.0739. The lowest BCUT2D eigenvalue weighted by atomic mass is 10.1. The Hall–Kier alpha value is -3.20. The number of carbonyl (C=O) groups is 1. The summed E-state index contributed by atoms with van der Waals surface area (Å²) < 4.78 is 42.2. The summed E-state index contributed by atoms with van der Waals surface area (Å²) in [6.07, 6.45) is -0.904. The van der Waals surface area contributed by atoms with Crippen LogP contribution in [0.3, 0.4) is 0 Å². The van der Waals surface area contributed by atoms with E-state index in [1.165, 1.54) is 12.1 Å². The van der Waals surface area contributed by atoms with Crippen molar-refractivity contribution in [1.29, 1.82) is 0 Å². The zero-order chi connectivity index (χ0) is 25.5. The molecule has 0 aliphatic rings. The third kappa shape index (κ3) is 8.51. The Kier molecular flexibility index (Phi) is 8.67. The molecule has 0 spiro atoms. The highest BCUT2D eigenvalue weighted by Crippen LogP contribution is 2.20. The van der Waals surface area contributed by atoms with Crippen molar-refractivity contribution in [3.8, 4) is 0 Å². The summed E-state index contributed by atoms with van der Waals surface area (Å²) in [4.78, 5) is 12.8. The second-order valence-corrected chi connectivity index (χ2v) is 10.7. The number of hydrogen-bond acceptors (Lipinski definition) is 6. The van der Waals surface area contributed by atoms with E-state index in [1.54, 1.807) is 39.0 Å². The van der Waals surface area contributed by atoms with Crippen LogP contribution in [0.15, 0.2) is 83.8 Å². The molecule has 3 aromatic rings. The molecule has 0 N–H and O–H groups in total. The van der Waals surface area contributed by atoms with Crippen molar-refractivity contribution in [3.63, 3.8) is 0 Å². The molecule has 7 nitrogen and oxygen atoms in total. The SMILES string of the molecule is Cc1ccc(S(=O)(=O)ON(Cc2cccc(COCc3ccccc3)c2)C(=O)OC(C)(C)C)cc1. The van der Waals surface area contributed by atoms with E-state index < -0.39 is 21.8 Å². The highest BCUT2D eigenvalue weighted by atomic mass is 32.2. The number of hydrogen-bond donors (Lipinski definition) is 0. The van der Waals surface area contributed by atoms with Crippen molar-refractivity contribution in [3.05, 3.63) is 101 Å². The molecule has 0 unspecified atom stereocenters. The van der Waals surface area contributed by atoms with Crippen LogP contribution in [0.5, 0.6) is 0 Å². The van der Waals surface area contributed by atoms with E-state index in [-0.39, 0.29) is 11.4 Å². The predicted octanol–water partition coefficient (Wildman–Crippen LogP) is 5.77. The van der Waals surface area contributed by atoms with Gasteiger partial charge < -0.3 is 9.47 Å². The number of amides is 1. The summed E-state index contributed by atoms with van der Waals surface area (Å²) >= 11 is 0. The zero-order valence-corrected chi connectivity index (χ0v) is 21.2. The van der Waals surface area contributed by atoms with Crippen LogP contribution in [0.4, 0.5) is 4.79 Å². The van der Waals surface area contributed by atoms with Crippen molar-refractivity contribution >= 4 is 16.2 Å². The van der Waals surface area contributed by atoms with Gasteiger partial charge in [0, 0.05) is 0 Å². The molecule has 186 valence electrons. The van der Waals surface area contributed by atoms with Crippen molar-refractivity contribution in [1.82, 2.24) is 5.06 Å². The monoisotopic (exact) mass is 497 g/mol. The van der Waals surface area contributed by atoms with Crippen molar-refractivity contribution in [2.24, 2.45) is 0 Å². The third-order valence-corrected chi connectivity index (χ3v) is 6.02. The van der Waals surface area contributed by atoms with Crippen LogP contribution in [0, 0.1) is 6.92 Å². The molecule has 3 aromatic carbocycles. The fourth-order valence-corrected chi connectivity index (χ4v) is 4.05. The van der Waals surface area contributed by atoms with Gasteiger partial charge in [-0.15, -0.1) is 4.28 Å². The highest BCUT2D eigenvalue weighted by Gasteiger charge is 2.29. The van der Waals surface area contributed by atoms with E-state index in [0.29, 0.717) is 18.8 Å². The summed E-state index contributed by atoms with van der Waals surface area (Å²) in [5, 5.41) is 0.727. The molecule has 0 aliphatic carbocycles. The average Bonchev–Trinajstić information content (AvgIpc) is 2.79. The molecule has 0 atom stereocenters. The van der Waals surface area contributed by atoms with Crippen LogP contribution >= 0.6 is 0 Å². The minimum absolute atomic E-state index is 0.0558. The number of benzene rings is 3. The van der Waals surface area contributed by atoms with Crippen molar-refractivity contribution < 1.29 is 27.0 Å². The maximum absolute atomic E-state index is 12.9. The summed E-state index contributed by atoms with van der Waals surface area (Å²) in [6.45, 7) is 7.63. The summed E-state index contributed by atoms with van der Waals surface area (Å²) in [5.74, 6) is 0. The molecule has 0 aliphatic heterocycles. The Morgan fingerprint density at radius 3 is 2.09 bits per heavy atom. The van der Waals surface area contributed by atoms with Gasteiger partial charge in [-0.05, 0) is 56.5 Å². The van der Waals surface area contributed by atoms with Crippen molar-refractivity contribution in [2.75, 3.05) is 0 Å². The predicted molar refractivity (Wildman–Crippen MR) is 133 cm³/mol. The molecule has 3 rings (SSSR count). The van der Waals surface area contributed by atoms with Gasteiger partial charge in [0.05, 0.1) is 24.7 Å². The van der Waals surface area contributed by atoms with Gasteiger partial charge >= 0.3 is 16.2 Å². The number of nitrogens with zero attached hydrogens (tertiary/aromatic N) is 1. The van der Waals surface area contributed by atoms with E-state index in [0.717, 1.165) is 21.8 Å². The van der Waals surface area contributed by atoms with Crippen LogP contribution in [0.25, 0.3) is 0 Å². The normalized spacial score (nSPS) is 11.8. The van der Waals surface area contributed by atoms with Gasteiger partial charge in [0.1, 0.15) is 5.60 Å². The van der Waals surface area contributed by atoms with Crippen molar-refractivity contribution in [2.45, 2.75) is 58.0 Å². The lowest BCUT2D eigenvalue weighted by Gasteiger charge is -2.26. The topological polar surface area (TPSA) is 82.1 Å². The second kappa shape index (κ2) is 11.5. The standard InChI is InChI=1S/C27H31NO6S/c1-21-13-15-25(16-14-21)35(30,31)34-28(26(29)33-27(2,3)4)18-23-11-8-12-24(17-23)20-32-19-22-9-6-5-7-10-22/h5-17H,18-20H2,1-4H3. The minimum atomic E-state index is -4.25. The van der Waals surface area contributed by atoms with Crippen LogP contribution < -0.4 is 0 Å². The van der Waals surface area contributed by atoms with Gasteiger partial charge in [-0.3, -0.25) is 0 Å². The zero-order valence-electron chi connectivity index (χ0n) is 20.4. The smallest absolute Gasteiger partial charge is 0.435 e. The van der Waals surface area contributed by atoms with Crippen LogP contribution in [-0.4, -0.2) is 25.2 Å². The fourth-order valence-electron chi connectivity index (χ4n) is 3.15. The first kappa shape index (κ1) is 26.4. The Balaban J connectivity index is 1.75. The highest BCUT2D eigenvalue weighted by molar-refractivity contribution is 7.86. The molecule has 0 fully saturated rings. The Morgan fingerprint density at radius 1 is 0.829 bits per heavy atom. The molecule has 0 radical (unpaired) electrons. The van der Waals surface area contributed by atoms with Gasteiger partial charge in [0.15, 0.2) is 0 Å². The maximum atomic E-state index is 12.9. The molecule has 0 heterocycles. The Labute approximate surface area is 207 Å². The quantitative estimate of drug-likeness (QED) is 0.349. The minimum Gasteiger partial charge on any atom is -0.442 e. The number of ether oxygens (including phenoxy) is 2. The Morgan fingerprint density at radius 2 is 1.43 bits per heavy atom. The van der Waals surface area contributed by atoms with Crippen LogP contribution in [0.2, 0.25) is 0 Å². The van der Waals surface area contributed by atoms with E-state index >= 15 is 0 Å². The molecule has 8 heteroatoms. The van der Waals surface area contributed by atoms with Crippen LogP contribution in [-0.2, 0) is 43.6 Å². The van der Waals surface area contributed by atoms with Gasteiger partial charge in [-0.2, -0.15) is 13.5 Å². The number of rotatable bonds is 9. The second-order valence-electron chi connectivity index (χ2n) is 9.16. The first-order valence-electron chi connectivity index (χ1n) is 11.2.